The van der Waals surface area contributed by atoms with Crippen molar-refractivity contribution in [3.05, 3.63) is 72.8 Å². The van der Waals surface area contributed by atoms with E-state index in [1.165, 1.54) is 56.3 Å². The Bertz CT molecular complexity index is 1700. The standard InChI is InChI=1S/C28H18F6O7/c1-13(2)25(35)37-16-7-5-15(6-8-16)17-9-10-18-19-11-12-20(38-26(36)14(3)4)24(41-28(32,33)34)22(19)39-21(18)23(17)40-27(29,30)31/h5-12H,1,3H2,2,4H3. The summed E-state index contributed by atoms with van der Waals surface area (Å²) in [6.45, 7) is 9.49. The number of halogens is 6. The second kappa shape index (κ2) is 10.6. The van der Waals surface area contributed by atoms with E-state index in [4.69, 9.17) is 13.9 Å². The van der Waals surface area contributed by atoms with Crippen LogP contribution in [0.15, 0.2) is 77.3 Å². The minimum Gasteiger partial charge on any atom is -0.448 e. The van der Waals surface area contributed by atoms with Gasteiger partial charge in [-0.3, -0.25) is 0 Å². The van der Waals surface area contributed by atoms with Gasteiger partial charge in [0.05, 0.1) is 0 Å². The first-order valence-corrected chi connectivity index (χ1v) is 11.4. The SMILES string of the molecule is C=C(C)C(=O)Oc1ccc(-c2ccc3c(oc4c(OC(F)(F)F)c(OC(=O)C(=C)C)ccc43)c2OC(F)(F)F)cc1. The lowest BCUT2D eigenvalue weighted by molar-refractivity contribution is -0.275. The van der Waals surface area contributed by atoms with Crippen molar-refractivity contribution < 1.29 is 59.3 Å². The van der Waals surface area contributed by atoms with Gasteiger partial charge in [-0.2, -0.15) is 0 Å². The van der Waals surface area contributed by atoms with Gasteiger partial charge >= 0.3 is 24.7 Å². The molecule has 0 N–H and O–H groups in total. The molecule has 0 atom stereocenters. The molecule has 214 valence electrons. The molecule has 0 unspecified atom stereocenters. The second-order valence-corrected chi connectivity index (χ2v) is 8.65. The van der Waals surface area contributed by atoms with Gasteiger partial charge in [-0.15, -0.1) is 26.3 Å². The number of furan rings is 1. The van der Waals surface area contributed by atoms with Crippen molar-refractivity contribution in [2.45, 2.75) is 26.6 Å². The van der Waals surface area contributed by atoms with Crippen LogP contribution in [0.3, 0.4) is 0 Å². The van der Waals surface area contributed by atoms with Gasteiger partial charge in [0.1, 0.15) is 5.75 Å². The molecule has 0 saturated heterocycles. The molecule has 0 spiro atoms. The van der Waals surface area contributed by atoms with E-state index in [1.807, 2.05) is 0 Å². The summed E-state index contributed by atoms with van der Waals surface area (Å²) in [6.07, 6.45) is -10.5. The maximum atomic E-state index is 13.5. The number of hydrogen-bond donors (Lipinski definition) is 0. The van der Waals surface area contributed by atoms with Crippen molar-refractivity contribution in [2.24, 2.45) is 0 Å². The molecule has 0 aliphatic heterocycles. The molecule has 0 amide bonds. The zero-order valence-corrected chi connectivity index (χ0v) is 21.2. The summed E-state index contributed by atoms with van der Waals surface area (Å²) in [4.78, 5) is 23.7. The molecule has 0 fully saturated rings. The average molecular weight is 580 g/mol. The third kappa shape index (κ3) is 6.45. The molecular formula is C28H18F6O7. The van der Waals surface area contributed by atoms with Crippen LogP contribution in [0.5, 0.6) is 23.0 Å². The third-order valence-corrected chi connectivity index (χ3v) is 5.39. The van der Waals surface area contributed by atoms with E-state index in [0.717, 1.165) is 6.07 Å². The van der Waals surface area contributed by atoms with Gasteiger partial charge < -0.3 is 23.4 Å². The molecule has 41 heavy (non-hydrogen) atoms. The van der Waals surface area contributed by atoms with E-state index < -0.39 is 53.1 Å². The largest absolute Gasteiger partial charge is 0.573 e. The normalized spacial score (nSPS) is 11.8. The average Bonchev–Trinajstić information content (AvgIpc) is 3.24. The highest BCUT2D eigenvalue weighted by molar-refractivity contribution is 6.11. The van der Waals surface area contributed by atoms with Gasteiger partial charge in [0.15, 0.2) is 22.7 Å². The molecule has 0 aliphatic carbocycles. The van der Waals surface area contributed by atoms with Crippen molar-refractivity contribution >= 4 is 33.9 Å². The predicted molar refractivity (Wildman–Crippen MR) is 133 cm³/mol. The number of esters is 2. The topological polar surface area (TPSA) is 84.2 Å². The summed E-state index contributed by atoms with van der Waals surface area (Å²) >= 11 is 0. The lowest BCUT2D eigenvalue weighted by atomic mass is 10.0. The Balaban J connectivity index is 1.93. The quantitative estimate of drug-likeness (QED) is 0.0948. The molecule has 0 aliphatic rings. The van der Waals surface area contributed by atoms with Crippen molar-refractivity contribution in [1.29, 1.82) is 0 Å². The molecule has 7 nitrogen and oxygen atoms in total. The van der Waals surface area contributed by atoms with E-state index in [9.17, 15) is 35.9 Å². The van der Waals surface area contributed by atoms with Crippen LogP contribution in [0.25, 0.3) is 33.1 Å². The minimum absolute atomic E-state index is 0.0557. The Hall–Kier alpha value is -4.94. The Morgan fingerprint density at radius 2 is 1.17 bits per heavy atom. The molecule has 0 radical (unpaired) electrons. The number of fused-ring (bicyclic) bond motifs is 3. The number of hydrogen-bond acceptors (Lipinski definition) is 7. The summed E-state index contributed by atoms with van der Waals surface area (Å²) in [5.41, 5.74) is -1.24. The zero-order chi connectivity index (χ0) is 30.3. The number of benzene rings is 3. The highest BCUT2D eigenvalue weighted by Gasteiger charge is 2.37. The van der Waals surface area contributed by atoms with Crippen molar-refractivity contribution in [2.75, 3.05) is 0 Å². The summed E-state index contributed by atoms with van der Waals surface area (Å²) < 4.78 is 104. The van der Waals surface area contributed by atoms with Gasteiger partial charge in [-0.25, -0.2) is 9.59 Å². The van der Waals surface area contributed by atoms with Crippen LogP contribution in [-0.4, -0.2) is 24.7 Å². The maximum Gasteiger partial charge on any atom is 0.573 e. The van der Waals surface area contributed by atoms with Gasteiger partial charge in [0, 0.05) is 27.5 Å². The molecule has 4 aromatic rings. The van der Waals surface area contributed by atoms with E-state index in [0.29, 0.717) is 0 Å². The monoisotopic (exact) mass is 580 g/mol. The molecule has 4 rings (SSSR count). The zero-order valence-electron chi connectivity index (χ0n) is 21.2. The van der Waals surface area contributed by atoms with Crippen LogP contribution in [0.2, 0.25) is 0 Å². The van der Waals surface area contributed by atoms with Crippen molar-refractivity contribution in [3.8, 4) is 34.1 Å². The van der Waals surface area contributed by atoms with Crippen molar-refractivity contribution in [3.63, 3.8) is 0 Å². The Labute approximate surface area is 227 Å². The molecule has 0 bridgehead atoms. The number of carbonyl (C=O) groups is 2. The van der Waals surface area contributed by atoms with Gasteiger partial charge in [0.25, 0.3) is 0 Å². The maximum absolute atomic E-state index is 13.5. The van der Waals surface area contributed by atoms with Crippen LogP contribution in [0, 0.1) is 0 Å². The molecular weight excluding hydrogens is 562 g/mol. The summed E-state index contributed by atoms with van der Waals surface area (Å²) in [5.74, 6) is -4.38. The smallest absolute Gasteiger partial charge is 0.448 e. The van der Waals surface area contributed by atoms with Gasteiger partial charge in [-0.1, -0.05) is 25.3 Å². The number of carbonyl (C=O) groups excluding carboxylic acids is 2. The first-order chi connectivity index (χ1) is 19.0. The number of rotatable bonds is 7. The first kappa shape index (κ1) is 29.1. The van der Waals surface area contributed by atoms with E-state index in [1.54, 1.807) is 0 Å². The summed E-state index contributed by atoms with van der Waals surface area (Å²) in [6, 6.07) is 10.0. The van der Waals surface area contributed by atoms with Crippen LogP contribution < -0.4 is 18.9 Å². The molecule has 13 heteroatoms. The lowest BCUT2D eigenvalue weighted by Gasteiger charge is -2.14. The van der Waals surface area contributed by atoms with E-state index >= 15 is 0 Å². The molecule has 0 saturated carbocycles. The Kier molecular flexibility index (Phi) is 7.48. The van der Waals surface area contributed by atoms with Crippen LogP contribution >= 0.6 is 0 Å². The fourth-order valence-electron chi connectivity index (χ4n) is 3.66. The Morgan fingerprint density at radius 3 is 1.71 bits per heavy atom. The van der Waals surface area contributed by atoms with Gasteiger partial charge in [0.2, 0.25) is 5.75 Å². The highest BCUT2D eigenvalue weighted by atomic mass is 19.4. The third-order valence-electron chi connectivity index (χ3n) is 5.39. The van der Waals surface area contributed by atoms with Crippen LogP contribution in [-0.2, 0) is 9.59 Å². The number of alkyl halides is 6. The Morgan fingerprint density at radius 1 is 0.683 bits per heavy atom. The second-order valence-electron chi connectivity index (χ2n) is 8.65. The minimum atomic E-state index is -5.29. The fourth-order valence-corrected chi connectivity index (χ4v) is 3.66. The number of ether oxygens (including phenoxy) is 4. The van der Waals surface area contributed by atoms with Crippen LogP contribution in [0.1, 0.15) is 13.8 Å². The first-order valence-electron chi connectivity index (χ1n) is 11.4. The highest BCUT2D eigenvalue weighted by Crippen LogP contribution is 2.48. The molecule has 1 heterocycles. The van der Waals surface area contributed by atoms with Crippen LogP contribution in [0.4, 0.5) is 26.3 Å². The molecule has 3 aromatic carbocycles. The predicted octanol–water partition coefficient (Wildman–Crippen LogP) is 8.01. The molecule has 1 aromatic heterocycles. The van der Waals surface area contributed by atoms with E-state index in [2.05, 4.69) is 22.6 Å². The van der Waals surface area contributed by atoms with E-state index in [-0.39, 0.29) is 38.8 Å². The van der Waals surface area contributed by atoms with Crippen molar-refractivity contribution in [1.82, 2.24) is 0 Å². The summed E-state index contributed by atoms with van der Waals surface area (Å²) in [5, 5.41) is -0.144. The van der Waals surface area contributed by atoms with Gasteiger partial charge in [-0.05, 0) is 55.8 Å². The lowest BCUT2D eigenvalue weighted by Crippen LogP contribution is -2.19. The summed E-state index contributed by atoms with van der Waals surface area (Å²) in [7, 11) is 0. The fraction of sp³-hybridized carbons (Fsp3) is 0.143.